The lowest BCUT2D eigenvalue weighted by Gasteiger charge is -2.29. The van der Waals surface area contributed by atoms with E-state index < -0.39 is 11.8 Å². The summed E-state index contributed by atoms with van der Waals surface area (Å²) in [6, 6.07) is 20.7. The quantitative estimate of drug-likeness (QED) is 0.0984. The maximum atomic E-state index is 15.1. The lowest BCUT2D eigenvalue weighted by molar-refractivity contribution is -0.113. The summed E-state index contributed by atoms with van der Waals surface area (Å²) in [6.45, 7) is 9.96. The van der Waals surface area contributed by atoms with Crippen molar-refractivity contribution in [2.24, 2.45) is 5.92 Å². The Bertz CT molecular complexity index is 1660. The first-order valence-electron chi connectivity index (χ1n) is 16.0. The second-order valence-electron chi connectivity index (χ2n) is 11.6. The highest BCUT2D eigenvalue weighted by atomic mass is 32.2. The number of hydrogen-bond donors (Lipinski definition) is 2. The summed E-state index contributed by atoms with van der Waals surface area (Å²) in [7, 11) is 0. The van der Waals surface area contributed by atoms with Crippen LogP contribution in [0.5, 0.6) is 11.5 Å². The van der Waals surface area contributed by atoms with Crippen LogP contribution in [0.15, 0.2) is 84.1 Å². The normalized spacial score (nSPS) is 13.2. The van der Waals surface area contributed by atoms with E-state index >= 15 is 4.39 Å². The molecule has 2 heterocycles. The number of fused-ring (bicyclic) bond motifs is 1. The molecule has 9 nitrogen and oxygen atoms in total. The molecule has 0 fully saturated rings. The van der Waals surface area contributed by atoms with E-state index in [1.54, 1.807) is 30.3 Å². The molecule has 1 unspecified atom stereocenters. The molecule has 1 aliphatic heterocycles. The average Bonchev–Trinajstić information content (AvgIpc) is 3.08. The van der Waals surface area contributed by atoms with Crippen LogP contribution in [0.2, 0.25) is 0 Å². The summed E-state index contributed by atoms with van der Waals surface area (Å²) in [4.78, 5) is 38.4. The van der Waals surface area contributed by atoms with E-state index in [9.17, 15) is 9.59 Å². The van der Waals surface area contributed by atoms with Crippen LogP contribution < -0.4 is 20.3 Å². The summed E-state index contributed by atoms with van der Waals surface area (Å²) in [6.07, 6.45) is 4.85. The number of nitrogens with zero attached hydrogens (tertiary/aromatic N) is 4. The summed E-state index contributed by atoms with van der Waals surface area (Å²) < 4.78 is 20.7. The first kappa shape index (κ1) is 33.9. The van der Waals surface area contributed by atoms with Crippen molar-refractivity contribution in [3.8, 4) is 11.5 Å². The van der Waals surface area contributed by atoms with E-state index in [0.29, 0.717) is 22.2 Å². The number of thioether (sulfide) groups is 1. The minimum absolute atomic E-state index is 0.0349. The van der Waals surface area contributed by atoms with Gasteiger partial charge in [-0.05, 0) is 73.8 Å². The van der Waals surface area contributed by atoms with Gasteiger partial charge in [-0.1, -0.05) is 69.3 Å². The molecule has 0 spiro atoms. The molecule has 2 N–H and O–H groups in total. The summed E-state index contributed by atoms with van der Waals surface area (Å²) in [5.41, 5.74) is 2.87. The van der Waals surface area contributed by atoms with E-state index in [4.69, 9.17) is 4.74 Å². The number of hydrogen-bond acceptors (Lipinski definition) is 7. The number of ether oxygens (including phenoxy) is 1. The molecule has 0 aliphatic carbocycles. The smallest absolute Gasteiger partial charge is 0.327 e. The molecule has 3 amide bonds. The molecule has 0 saturated carbocycles. The Morgan fingerprint density at radius 3 is 2.60 bits per heavy atom. The number of para-hydroxylation sites is 1. The topological polar surface area (TPSA) is 99.7 Å². The Balaban J connectivity index is 1.20. The summed E-state index contributed by atoms with van der Waals surface area (Å²) in [5.74, 6) is 0.894. The SMILES string of the molecule is CCCN(CCC(C)CC)Cc1ccc(NC(=O)CSc2ncnc3c2CNC(=O)N3c2ccc(Oc3ccccc3)c(F)c2)cc1. The number of carbonyl (C=O) groups is 2. The number of amides is 3. The van der Waals surface area contributed by atoms with Crippen molar-refractivity contribution in [1.82, 2.24) is 20.2 Å². The third-order valence-electron chi connectivity index (χ3n) is 8.02. The van der Waals surface area contributed by atoms with Crippen molar-refractivity contribution < 1.29 is 18.7 Å². The van der Waals surface area contributed by atoms with Gasteiger partial charge in [0, 0.05) is 23.9 Å². The van der Waals surface area contributed by atoms with Crippen LogP contribution in [0.1, 0.15) is 51.2 Å². The number of rotatable bonds is 15. The molecule has 0 bridgehead atoms. The maximum absolute atomic E-state index is 15.1. The van der Waals surface area contributed by atoms with Gasteiger partial charge < -0.3 is 15.4 Å². The molecule has 1 aliphatic rings. The molecule has 47 heavy (non-hydrogen) atoms. The van der Waals surface area contributed by atoms with Crippen LogP contribution in [-0.4, -0.2) is 45.6 Å². The molecule has 0 saturated heterocycles. The maximum Gasteiger partial charge on any atom is 0.327 e. The highest BCUT2D eigenvalue weighted by Crippen LogP contribution is 2.36. The number of carbonyl (C=O) groups excluding carboxylic acids is 2. The monoisotopic (exact) mass is 656 g/mol. The highest BCUT2D eigenvalue weighted by Gasteiger charge is 2.30. The number of nitrogens with one attached hydrogen (secondary N) is 2. The molecule has 1 aromatic heterocycles. The van der Waals surface area contributed by atoms with Crippen molar-refractivity contribution in [2.45, 2.75) is 58.1 Å². The Hall–Kier alpha value is -4.48. The lowest BCUT2D eigenvalue weighted by atomic mass is 10.0. The van der Waals surface area contributed by atoms with Gasteiger partial charge in [0.2, 0.25) is 5.91 Å². The van der Waals surface area contributed by atoms with Crippen LogP contribution in [0.25, 0.3) is 0 Å². The molecule has 4 aromatic rings. The Labute approximate surface area is 279 Å². The van der Waals surface area contributed by atoms with Gasteiger partial charge >= 0.3 is 6.03 Å². The van der Waals surface area contributed by atoms with E-state index in [2.05, 4.69) is 58.4 Å². The Kier molecular flexibility index (Phi) is 11.8. The van der Waals surface area contributed by atoms with E-state index in [0.717, 1.165) is 37.7 Å². The van der Waals surface area contributed by atoms with Crippen LogP contribution in [0, 0.1) is 11.7 Å². The van der Waals surface area contributed by atoms with Gasteiger partial charge in [-0.2, -0.15) is 0 Å². The van der Waals surface area contributed by atoms with Crippen molar-refractivity contribution in [3.05, 3.63) is 96.1 Å². The molecular formula is C36H41FN6O3S. The van der Waals surface area contributed by atoms with Crippen molar-refractivity contribution in [1.29, 1.82) is 0 Å². The van der Waals surface area contributed by atoms with Crippen LogP contribution in [0.3, 0.4) is 0 Å². The Morgan fingerprint density at radius 2 is 1.87 bits per heavy atom. The Morgan fingerprint density at radius 1 is 1.09 bits per heavy atom. The predicted octanol–water partition coefficient (Wildman–Crippen LogP) is 8.15. The number of aromatic nitrogens is 2. The van der Waals surface area contributed by atoms with Crippen LogP contribution in [-0.2, 0) is 17.9 Å². The molecule has 246 valence electrons. The van der Waals surface area contributed by atoms with Gasteiger partial charge in [-0.25, -0.2) is 24.1 Å². The first-order chi connectivity index (χ1) is 22.8. The zero-order valence-electron chi connectivity index (χ0n) is 27.0. The second-order valence-corrected chi connectivity index (χ2v) is 12.6. The van der Waals surface area contributed by atoms with Gasteiger partial charge in [0.15, 0.2) is 17.4 Å². The predicted molar refractivity (Wildman–Crippen MR) is 185 cm³/mol. The first-order valence-corrected chi connectivity index (χ1v) is 17.0. The van der Waals surface area contributed by atoms with E-state index in [1.807, 2.05) is 18.2 Å². The third-order valence-corrected chi connectivity index (χ3v) is 9.05. The molecule has 3 aromatic carbocycles. The van der Waals surface area contributed by atoms with E-state index in [-0.39, 0.29) is 29.6 Å². The zero-order valence-corrected chi connectivity index (χ0v) is 27.9. The fraction of sp³-hybridized carbons (Fsp3) is 0.333. The van der Waals surface area contributed by atoms with Crippen molar-refractivity contribution in [2.75, 3.05) is 29.1 Å². The number of urea groups is 1. The van der Waals surface area contributed by atoms with Gasteiger partial charge in [-0.3, -0.25) is 9.69 Å². The summed E-state index contributed by atoms with van der Waals surface area (Å²) >= 11 is 1.25. The standard InChI is InChI=1S/C36H41FN6O3S/c1-4-18-42(19-17-25(3)5-2)22-26-11-13-27(14-12-26)41-33(44)23-47-35-30-21-38-36(45)43(34(30)39-24-40-35)28-15-16-32(31(37)20-28)46-29-9-7-6-8-10-29/h6-16,20,24-25H,4-5,17-19,21-23H2,1-3H3,(H,38,45)(H,41,44). The molecule has 5 rings (SSSR count). The average molecular weight is 657 g/mol. The van der Waals surface area contributed by atoms with Crippen LogP contribution in [0.4, 0.5) is 26.4 Å². The van der Waals surface area contributed by atoms with Crippen molar-refractivity contribution >= 4 is 40.9 Å². The summed E-state index contributed by atoms with van der Waals surface area (Å²) in [5, 5.41) is 6.33. The van der Waals surface area contributed by atoms with Gasteiger partial charge in [0.1, 0.15) is 17.1 Å². The number of halogens is 1. The minimum atomic E-state index is -0.625. The zero-order chi connectivity index (χ0) is 33.2. The molecular weight excluding hydrogens is 616 g/mol. The molecule has 0 radical (unpaired) electrons. The fourth-order valence-corrected chi connectivity index (χ4v) is 6.04. The molecule has 1 atom stereocenters. The number of anilines is 3. The highest BCUT2D eigenvalue weighted by molar-refractivity contribution is 8.00. The van der Waals surface area contributed by atoms with Crippen molar-refractivity contribution in [3.63, 3.8) is 0 Å². The minimum Gasteiger partial charge on any atom is -0.454 e. The fourth-order valence-electron chi connectivity index (χ4n) is 5.24. The van der Waals surface area contributed by atoms with Crippen LogP contribution >= 0.6 is 11.8 Å². The van der Waals surface area contributed by atoms with Gasteiger partial charge in [0.25, 0.3) is 0 Å². The molecule has 11 heteroatoms. The van der Waals surface area contributed by atoms with Gasteiger partial charge in [-0.15, -0.1) is 0 Å². The largest absolute Gasteiger partial charge is 0.454 e. The third kappa shape index (κ3) is 9.08. The van der Waals surface area contributed by atoms with E-state index in [1.165, 1.54) is 53.5 Å². The number of benzene rings is 3. The van der Waals surface area contributed by atoms with Gasteiger partial charge in [0.05, 0.1) is 18.0 Å². The lowest BCUT2D eigenvalue weighted by Crippen LogP contribution is -2.42. The second kappa shape index (κ2) is 16.4.